The summed E-state index contributed by atoms with van der Waals surface area (Å²) in [6.45, 7) is 0. The molecular weight excluding hydrogens is 520 g/mol. The van der Waals surface area contributed by atoms with Crippen LogP contribution < -0.4 is 4.74 Å². The lowest BCUT2D eigenvalue weighted by molar-refractivity contribution is 0.483. The van der Waals surface area contributed by atoms with Crippen molar-refractivity contribution in [1.29, 1.82) is 0 Å². The molecule has 4 heterocycles. The maximum absolute atomic E-state index is 6.47. The molecule has 6 nitrogen and oxygen atoms in total. The van der Waals surface area contributed by atoms with Gasteiger partial charge in [0.05, 0.1) is 33.8 Å². The SMILES string of the molecule is c1ccc(-n2c3cc(Oc4cccc(-n5ncc6ccccc65)c4)ccc3c3ccc4oc5ccccc5c4c32)nc1. The van der Waals surface area contributed by atoms with Crippen molar-refractivity contribution in [3.05, 3.63) is 134 Å². The third-order valence-corrected chi connectivity index (χ3v) is 7.89. The molecule has 0 aliphatic carbocycles. The highest BCUT2D eigenvalue weighted by Gasteiger charge is 2.20. The summed E-state index contributed by atoms with van der Waals surface area (Å²) in [6, 6.07) is 40.8. The zero-order valence-corrected chi connectivity index (χ0v) is 22.3. The Hall–Kier alpha value is -5.88. The predicted octanol–water partition coefficient (Wildman–Crippen LogP) is 9.21. The van der Waals surface area contributed by atoms with Crippen LogP contribution in [0.1, 0.15) is 0 Å². The molecule has 9 rings (SSSR count). The second-order valence-corrected chi connectivity index (χ2v) is 10.3. The first-order chi connectivity index (χ1) is 20.8. The van der Waals surface area contributed by atoms with Crippen LogP contribution in [0.25, 0.3) is 66.2 Å². The van der Waals surface area contributed by atoms with Crippen LogP contribution in [-0.4, -0.2) is 19.3 Å². The zero-order valence-electron chi connectivity index (χ0n) is 22.3. The Morgan fingerprint density at radius 1 is 0.619 bits per heavy atom. The Morgan fingerprint density at radius 3 is 2.43 bits per heavy atom. The van der Waals surface area contributed by atoms with Crippen molar-refractivity contribution in [2.45, 2.75) is 0 Å². The molecule has 0 amide bonds. The van der Waals surface area contributed by atoms with Gasteiger partial charge in [-0.15, -0.1) is 0 Å². The number of aromatic nitrogens is 4. The first-order valence-electron chi connectivity index (χ1n) is 13.8. The van der Waals surface area contributed by atoms with E-state index in [9.17, 15) is 0 Å². The van der Waals surface area contributed by atoms with E-state index in [1.54, 1.807) is 0 Å². The van der Waals surface area contributed by atoms with Crippen LogP contribution in [0.5, 0.6) is 11.5 Å². The Bertz CT molecular complexity index is 2450. The van der Waals surface area contributed by atoms with Crippen LogP contribution in [0.4, 0.5) is 0 Å². The number of furan rings is 1. The number of hydrogen-bond acceptors (Lipinski definition) is 4. The molecule has 0 radical (unpaired) electrons. The Labute approximate surface area is 239 Å². The van der Waals surface area contributed by atoms with Crippen molar-refractivity contribution in [2.24, 2.45) is 0 Å². The number of para-hydroxylation sites is 2. The second kappa shape index (κ2) is 8.81. The average molecular weight is 543 g/mol. The average Bonchev–Trinajstić information content (AvgIpc) is 3.73. The number of ether oxygens (including phenoxy) is 1. The van der Waals surface area contributed by atoms with E-state index in [0.29, 0.717) is 0 Å². The molecule has 0 fully saturated rings. The molecule has 0 atom stereocenters. The largest absolute Gasteiger partial charge is 0.457 e. The monoisotopic (exact) mass is 542 g/mol. The lowest BCUT2D eigenvalue weighted by Gasteiger charge is -2.10. The normalized spacial score (nSPS) is 11.8. The molecule has 0 N–H and O–H groups in total. The molecule has 0 unspecified atom stereocenters. The highest BCUT2D eigenvalue weighted by Crippen LogP contribution is 2.41. The molecule has 0 saturated carbocycles. The fraction of sp³-hybridized carbons (Fsp3) is 0. The quantitative estimate of drug-likeness (QED) is 0.222. The molecule has 0 bridgehead atoms. The number of fused-ring (bicyclic) bond motifs is 8. The molecule has 0 aliphatic heterocycles. The van der Waals surface area contributed by atoms with Gasteiger partial charge in [0.1, 0.15) is 28.5 Å². The molecule has 0 aliphatic rings. The summed E-state index contributed by atoms with van der Waals surface area (Å²) < 4.78 is 16.9. The fourth-order valence-corrected chi connectivity index (χ4v) is 6.07. The minimum absolute atomic E-state index is 0.732. The van der Waals surface area contributed by atoms with Gasteiger partial charge in [0.25, 0.3) is 0 Å². The van der Waals surface area contributed by atoms with Crippen molar-refractivity contribution >= 4 is 54.6 Å². The van der Waals surface area contributed by atoms with Crippen LogP contribution in [-0.2, 0) is 0 Å². The van der Waals surface area contributed by atoms with E-state index in [1.807, 2.05) is 89.9 Å². The van der Waals surface area contributed by atoms with Gasteiger partial charge in [0, 0.05) is 39.9 Å². The van der Waals surface area contributed by atoms with E-state index in [1.165, 1.54) is 0 Å². The Balaban J connectivity index is 1.23. The van der Waals surface area contributed by atoms with E-state index in [4.69, 9.17) is 14.1 Å². The van der Waals surface area contributed by atoms with Gasteiger partial charge in [-0.1, -0.05) is 48.5 Å². The van der Waals surface area contributed by atoms with Gasteiger partial charge < -0.3 is 9.15 Å². The van der Waals surface area contributed by atoms with Crippen molar-refractivity contribution < 1.29 is 9.15 Å². The topological polar surface area (TPSA) is 58.0 Å². The number of hydrogen-bond donors (Lipinski definition) is 0. The highest BCUT2D eigenvalue weighted by molar-refractivity contribution is 6.24. The van der Waals surface area contributed by atoms with Gasteiger partial charge >= 0.3 is 0 Å². The van der Waals surface area contributed by atoms with Crippen LogP contribution in [0, 0.1) is 0 Å². The molecule has 0 saturated heterocycles. The molecule has 42 heavy (non-hydrogen) atoms. The summed E-state index contributed by atoms with van der Waals surface area (Å²) in [7, 11) is 0. The number of benzene rings is 5. The highest BCUT2D eigenvalue weighted by atomic mass is 16.5. The van der Waals surface area contributed by atoms with Gasteiger partial charge in [-0.3, -0.25) is 4.57 Å². The first-order valence-corrected chi connectivity index (χ1v) is 13.8. The first kappa shape index (κ1) is 22.9. The standard InChI is InChI=1S/C36H22N4O2/c1-3-12-30-23(8-1)22-38-40(30)24-9-7-10-25(20-24)41-26-15-16-27-28-17-18-33-35(29-11-2-4-13-32(29)42-33)36(28)39(31(27)21-26)34-14-5-6-19-37-34/h1-22H. The lowest BCUT2D eigenvalue weighted by atomic mass is 10.1. The smallest absolute Gasteiger partial charge is 0.137 e. The summed E-state index contributed by atoms with van der Waals surface area (Å²) >= 11 is 0. The minimum Gasteiger partial charge on any atom is -0.457 e. The van der Waals surface area contributed by atoms with Crippen molar-refractivity contribution in [3.63, 3.8) is 0 Å². The molecule has 6 heteroatoms. The maximum atomic E-state index is 6.47. The van der Waals surface area contributed by atoms with Crippen LogP contribution in [0.15, 0.2) is 138 Å². The van der Waals surface area contributed by atoms with E-state index in [0.717, 1.165) is 77.7 Å². The fourth-order valence-electron chi connectivity index (χ4n) is 6.07. The van der Waals surface area contributed by atoms with Crippen molar-refractivity contribution in [2.75, 3.05) is 0 Å². The predicted molar refractivity (Wildman–Crippen MR) is 167 cm³/mol. The zero-order chi connectivity index (χ0) is 27.6. The van der Waals surface area contributed by atoms with E-state index < -0.39 is 0 Å². The summed E-state index contributed by atoms with van der Waals surface area (Å²) in [4.78, 5) is 4.75. The minimum atomic E-state index is 0.732. The van der Waals surface area contributed by atoms with Crippen molar-refractivity contribution in [1.82, 2.24) is 19.3 Å². The van der Waals surface area contributed by atoms with Gasteiger partial charge in [-0.2, -0.15) is 5.10 Å². The van der Waals surface area contributed by atoms with Gasteiger partial charge in [-0.25, -0.2) is 9.67 Å². The van der Waals surface area contributed by atoms with E-state index in [2.05, 4.69) is 58.2 Å². The number of nitrogens with zero attached hydrogens (tertiary/aromatic N) is 4. The summed E-state index contributed by atoms with van der Waals surface area (Å²) in [5.41, 5.74) is 5.78. The third kappa shape index (κ3) is 3.39. The maximum Gasteiger partial charge on any atom is 0.137 e. The second-order valence-electron chi connectivity index (χ2n) is 10.3. The van der Waals surface area contributed by atoms with E-state index >= 15 is 0 Å². The van der Waals surface area contributed by atoms with Gasteiger partial charge in [0.2, 0.25) is 0 Å². The molecule has 198 valence electrons. The lowest BCUT2D eigenvalue weighted by Crippen LogP contribution is -1.97. The summed E-state index contributed by atoms with van der Waals surface area (Å²) in [5.74, 6) is 2.30. The summed E-state index contributed by atoms with van der Waals surface area (Å²) in [6.07, 6.45) is 3.71. The Kier molecular flexibility index (Phi) is 4.80. The van der Waals surface area contributed by atoms with E-state index in [-0.39, 0.29) is 0 Å². The summed E-state index contributed by atoms with van der Waals surface area (Å²) in [5, 5.41) is 10.1. The third-order valence-electron chi connectivity index (χ3n) is 7.89. The Morgan fingerprint density at radius 2 is 1.48 bits per heavy atom. The van der Waals surface area contributed by atoms with Crippen LogP contribution in [0.2, 0.25) is 0 Å². The number of pyridine rings is 1. The number of rotatable bonds is 4. The molecule has 9 aromatic rings. The van der Waals surface area contributed by atoms with Gasteiger partial charge in [-0.05, 0) is 60.7 Å². The molecule has 4 aromatic heterocycles. The molecule has 0 spiro atoms. The molecular formula is C36H22N4O2. The van der Waals surface area contributed by atoms with Crippen LogP contribution in [0.3, 0.4) is 0 Å². The van der Waals surface area contributed by atoms with Gasteiger partial charge in [0.15, 0.2) is 0 Å². The van der Waals surface area contributed by atoms with Crippen molar-refractivity contribution in [3.8, 4) is 23.0 Å². The molecule has 5 aromatic carbocycles. The van der Waals surface area contributed by atoms with Crippen LogP contribution >= 0.6 is 0 Å².